The number of nitrogens with zero attached hydrogens (tertiary/aromatic N) is 1. The maximum absolute atomic E-state index is 10.4. The molecule has 5 heteroatoms. The summed E-state index contributed by atoms with van der Waals surface area (Å²) in [6, 6.07) is 12.5. The summed E-state index contributed by atoms with van der Waals surface area (Å²) in [5.74, 6) is 0.585. The van der Waals surface area contributed by atoms with Crippen LogP contribution < -0.4 is 5.32 Å². The van der Waals surface area contributed by atoms with Crippen molar-refractivity contribution >= 4 is 17.3 Å². The molecule has 0 fully saturated rings. The second-order valence-electron chi connectivity index (χ2n) is 3.01. The van der Waals surface area contributed by atoms with Gasteiger partial charge in [0.15, 0.2) is 5.82 Å². The van der Waals surface area contributed by atoms with Gasteiger partial charge in [0.2, 0.25) is 0 Å². The Bertz CT molecular complexity index is 465. The number of H-pyrrole nitrogens is 1. The van der Waals surface area contributed by atoms with Gasteiger partial charge in [-0.1, -0.05) is 18.2 Å². The number of anilines is 2. The topological polar surface area (TPSA) is 71.0 Å². The minimum Gasteiger partial charge on any atom is -0.358 e. The van der Waals surface area contributed by atoms with Gasteiger partial charge in [0.1, 0.15) is 0 Å². The summed E-state index contributed by atoms with van der Waals surface area (Å²) < 4.78 is 0. The van der Waals surface area contributed by atoms with Crippen LogP contribution in [0.5, 0.6) is 0 Å². The highest BCUT2D eigenvalue weighted by Gasteiger charge is 2.07. The number of nitrogens with one attached hydrogen (secondary N) is 2. The van der Waals surface area contributed by atoms with Crippen LogP contribution in [0.15, 0.2) is 42.5 Å². The molecule has 0 aliphatic heterocycles. The van der Waals surface area contributed by atoms with Crippen LogP contribution in [-0.4, -0.2) is 9.91 Å². The Kier molecular flexibility index (Phi) is 2.37. The molecule has 0 saturated heterocycles. The standard InChI is InChI=1S/C10H9N3O2/c14-13(15)10-7-6-9(12-10)11-8-4-2-1-3-5-8/h1-7,11-12H. The molecule has 0 unspecified atom stereocenters. The van der Waals surface area contributed by atoms with E-state index >= 15 is 0 Å². The summed E-state index contributed by atoms with van der Waals surface area (Å²) in [4.78, 5) is 12.6. The molecule has 5 nitrogen and oxygen atoms in total. The largest absolute Gasteiger partial charge is 0.358 e. The van der Waals surface area contributed by atoms with Gasteiger partial charge >= 0.3 is 5.82 Å². The van der Waals surface area contributed by atoms with Gasteiger partial charge in [-0.05, 0) is 17.1 Å². The van der Waals surface area contributed by atoms with Crippen LogP contribution in [0, 0.1) is 10.1 Å². The molecular formula is C10H9N3O2. The summed E-state index contributed by atoms with van der Waals surface area (Å²) >= 11 is 0. The third kappa shape index (κ3) is 2.14. The van der Waals surface area contributed by atoms with Gasteiger partial charge in [0.05, 0.1) is 0 Å². The van der Waals surface area contributed by atoms with Gasteiger partial charge in [0, 0.05) is 17.8 Å². The fourth-order valence-corrected chi connectivity index (χ4v) is 1.24. The summed E-state index contributed by atoms with van der Waals surface area (Å²) in [6.07, 6.45) is 0. The number of nitro groups is 1. The van der Waals surface area contributed by atoms with E-state index in [0.717, 1.165) is 5.69 Å². The van der Waals surface area contributed by atoms with Gasteiger partial charge in [0.25, 0.3) is 0 Å². The number of aromatic amines is 1. The molecule has 1 aromatic heterocycles. The maximum atomic E-state index is 10.4. The normalized spacial score (nSPS) is 9.87. The number of aromatic nitrogens is 1. The Morgan fingerprint density at radius 2 is 1.87 bits per heavy atom. The van der Waals surface area contributed by atoms with E-state index in [-0.39, 0.29) is 5.82 Å². The first kappa shape index (κ1) is 9.26. The lowest BCUT2D eigenvalue weighted by Crippen LogP contribution is -1.91. The van der Waals surface area contributed by atoms with E-state index in [1.54, 1.807) is 6.07 Å². The molecule has 0 saturated carbocycles. The minimum atomic E-state index is -0.462. The van der Waals surface area contributed by atoms with Crippen LogP contribution >= 0.6 is 0 Å². The van der Waals surface area contributed by atoms with Crippen molar-refractivity contribution in [1.29, 1.82) is 0 Å². The van der Waals surface area contributed by atoms with Gasteiger partial charge in [-0.25, -0.2) is 4.98 Å². The molecule has 1 aromatic carbocycles. The van der Waals surface area contributed by atoms with Crippen LogP contribution in [0.25, 0.3) is 0 Å². The van der Waals surface area contributed by atoms with Crippen molar-refractivity contribution < 1.29 is 4.92 Å². The highest BCUT2D eigenvalue weighted by atomic mass is 16.6. The van der Waals surface area contributed by atoms with Crippen molar-refractivity contribution in [3.8, 4) is 0 Å². The Morgan fingerprint density at radius 1 is 1.13 bits per heavy atom. The minimum absolute atomic E-state index is 0.0200. The number of rotatable bonds is 3. The first-order valence-electron chi connectivity index (χ1n) is 4.41. The highest BCUT2D eigenvalue weighted by molar-refractivity contribution is 5.57. The number of para-hydroxylation sites is 1. The molecule has 0 bridgehead atoms. The van der Waals surface area contributed by atoms with Crippen molar-refractivity contribution in [2.75, 3.05) is 5.32 Å². The lowest BCUT2D eigenvalue weighted by Gasteiger charge is -1.99. The second-order valence-corrected chi connectivity index (χ2v) is 3.01. The van der Waals surface area contributed by atoms with Crippen LogP contribution in [0.1, 0.15) is 0 Å². The van der Waals surface area contributed by atoms with E-state index in [0.29, 0.717) is 5.82 Å². The summed E-state index contributed by atoms with van der Waals surface area (Å²) in [5, 5.41) is 13.4. The van der Waals surface area contributed by atoms with Crippen LogP contribution in [0.4, 0.5) is 17.3 Å². The van der Waals surface area contributed by atoms with E-state index in [1.807, 2.05) is 30.3 Å². The molecule has 0 radical (unpaired) electrons. The predicted octanol–water partition coefficient (Wildman–Crippen LogP) is 2.67. The second kappa shape index (κ2) is 3.83. The van der Waals surface area contributed by atoms with Crippen molar-refractivity contribution in [2.45, 2.75) is 0 Å². The van der Waals surface area contributed by atoms with Crippen molar-refractivity contribution in [2.24, 2.45) is 0 Å². The number of benzene rings is 1. The quantitative estimate of drug-likeness (QED) is 0.595. The molecule has 0 aliphatic carbocycles. The fourth-order valence-electron chi connectivity index (χ4n) is 1.24. The van der Waals surface area contributed by atoms with Gasteiger partial charge in [-0.15, -0.1) is 0 Å². The van der Waals surface area contributed by atoms with Crippen molar-refractivity contribution in [1.82, 2.24) is 4.98 Å². The van der Waals surface area contributed by atoms with Crippen LogP contribution in [0.2, 0.25) is 0 Å². The summed E-state index contributed by atoms with van der Waals surface area (Å²) in [6.45, 7) is 0. The summed E-state index contributed by atoms with van der Waals surface area (Å²) in [5.41, 5.74) is 0.884. The Labute approximate surface area is 85.9 Å². The monoisotopic (exact) mass is 203 g/mol. The lowest BCUT2D eigenvalue weighted by atomic mass is 10.3. The van der Waals surface area contributed by atoms with Crippen LogP contribution in [0.3, 0.4) is 0 Å². The molecule has 0 aliphatic rings. The van der Waals surface area contributed by atoms with E-state index in [1.165, 1.54) is 6.07 Å². The Morgan fingerprint density at radius 3 is 2.47 bits per heavy atom. The van der Waals surface area contributed by atoms with Crippen molar-refractivity contribution in [3.63, 3.8) is 0 Å². The SMILES string of the molecule is O=[N+]([O-])c1ccc(Nc2ccccc2)[nH]1. The highest BCUT2D eigenvalue weighted by Crippen LogP contribution is 2.18. The third-order valence-electron chi connectivity index (χ3n) is 1.92. The zero-order chi connectivity index (χ0) is 10.7. The molecule has 0 atom stereocenters. The molecule has 1 heterocycles. The first-order valence-corrected chi connectivity index (χ1v) is 4.41. The zero-order valence-electron chi connectivity index (χ0n) is 7.81. The molecule has 2 rings (SSSR count). The number of hydrogen-bond acceptors (Lipinski definition) is 3. The molecule has 15 heavy (non-hydrogen) atoms. The fraction of sp³-hybridized carbons (Fsp3) is 0. The summed E-state index contributed by atoms with van der Waals surface area (Å²) in [7, 11) is 0. The molecule has 2 N–H and O–H groups in total. The molecule has 2 aromatic rings. The molecule has 0 amide bonds. The lowest BCUT2D eigenvalue weighted by molar-refractivity contribution is -0.389. The molecular weight excluding hydrogens is 194 g/mol. The van der Waals surface area contributed by atoms with E-state index in [2.05, 4.69) is 10.3 Å². The average molecular weight is 203 g/mol. The predicted molar refractivity (Wildman–Crippen MR) is 57.2 cm³/mol. The first-order chi connectivity index (χ1) is 7.25. The van der Waals surface area contributed by atoms with E-state index in [9.17, 15) is 10.1 Å². The van der Waals surface area contributed by atoms with Gasteiger partial charge < -0.3 is 15.4 Å². The average Bonchev–Trinajstić information content (AvgIpc) is 2.68. The maximum Gasteiger partial charge on any atom is 0.322 e. The van der Waals surface area contributed by atoms with Gasteiger partial charge in [-0.2, -0.15) is 0 Å². The van der Waals surface area contributed by atoms with E-state index < -0.39 is 4.92 Å². The third-order valence-corrected chi connectivity index (χ3v) is 1.92. The van der Waals surface area contributed by atoms with Crippen molar-refractivity contribution in [3.05, 3.63) is 52.6 Å². The smallest absolute Gasteiger partial charge is 0.322 e. The molecule has 0 spiro atoms. The Hall–Kier alpha value is -2.30. The molecule has 76 valence electrons. The van der Waals surface area contributed by atoms with Gasteiger partial charge in [-0.3, -0.25) is 0 Å². The zero-order valence-corrected chi connectivity index (χ0v) is 7.81. The number of hydrogen-bond donors (Lipinski definition) is 2. The van der Waals surface area contributed by atoms with Crippen LogP contribution in [-0.2, 0) is 0 Å². The van der Waals surface area contributed by atoms with E-state index in [4.69, 9.17) is 0 Å². The Balaban J connectivity index is 2.15.